The standard InChI is InChI=1S/C29H33FN2O2/c1-21-4-10-25(11-5-21)29-20-31(16-23-8-14-28(34-3)15-9-23)18-26(29)19-32(22(2)33)17-24-6-12-27(30)13-7-24/h4-15,26,29H,16-20H2,1-3H3. The molecule has 1 amide bonds. The maximum absolute atomic E-state index is 13.3. The number of amides is 1. The summed E-state index contributed by atoms with van der Waals surface area (Å²) in [6, 6.07) is 23.4. The first-order chi connectivity index (χ1) is 16.4. The van der Waals surface area contributed by atoms with E-state index in [1.807, 2.05) is 17.0 Å². The number of carbonyl (C=O) groups excluding carboxylic acids is 1. The summed E-state index contributed by atoms with van der Waals surface area (Å²) in [4.78, 5) is 16.9. The Balaban J connectivity index is 1.52. The maximum atomic E-state index is 13.3. The topological polar surface area (TPSA) is 32.8 Å². The van der Waals surface area contributed by atoms with E-state index in [1.165, 1.54) is 28.8 Å². The van der Waals surface area contributed by atoms with Crippen molar-refractivity contribution in [2.45, 2.75) is 32.9 Å². The van der Waals surface area contributed by atoms with Crippen LogP contribution in [0.3, 0.4) is 0 Å². The van der Waals surface area contributed by atoms with Crippen molar-refractivity contribution < 1.29 is 13.9 Å². The second-order valence-electron chi connectivity index (χ2n) is 9.35. The number of benzene rings is 3. The Bertz CT molecular complexity index is 1080. The molecule has 1 saturated heterocycles. The molecule has 0 radical (unpaired) electrons. The van der Waals surface area contributed by atoms with Gasteiger partial charge in [-0.1, -0.05) is 54.1 Å². The largest absolute Gasteiger partial charge is 0.497 e. The Labute approximate surface area is 202 Å². The number of hydrogen-bond acceptors (Lipinski definition) is 3. The lowest BCUT2D eigenvalue weighted by atomic mass is 9.88. The number of ether oxygens (including phenoxy) is 1. The molecule has 0 aromatic heterocycles. The van der Waals surface area contributed by atoms with Gasteiger partial charge in [0.15, 0.2) is 0 Å². The number of nitrogens with zero attached hydrogens (tertiary/aromatic N) is 2. The van der Waals surface area contributed by atoms with Crippen molar-refractivity contribution in [2.75, 3.05) is 26.7 Å². The normalized spacial score (nSPS) is 18.1. The van der Waals surface area contributed by atoms with Crippen molar-refractivity contribution in [2.24, 2.45) is 5.92 Å². The highest BCUT2D eigenvalue weighted by molar-refractivity contribution is 5.73. The molecule has 1 heterocycles. The number of halogens is 1. The second-order valence-corrected chi connectivity index (χ2v) is 9.35. The van der Waals surface area contributed by atoms with Gasteiger partial charge in [0.2, 0.25) is 5.91 Å². The van der Waals surface area contributed by atoms with Gasteiger partial charge in [-0.05, 0) is 53.8 Å². The summed E-state index contributed by atoms with van der Waals surface area (Å²) >= 11 is 0. The Kier molecular flexibility index (Phi) is 7.63. The van der Waals surface area contributed by atoms with E-state index in [0.717, 1.165) is 30.9 Å². The average molecular weight is 461 g/mol. The highest BCUT2D eigenvalue weighted by Gasteiger charge is 2.35. The number of rotatable bonds is 8. The number of methoxy groups -OCH3 is 1. The molecule has 3 aromatic rings. The van der Waals surface area contributed by atoms with Gasteiger partial charge in [-0.15, -0.1) is 0 Å². The molecule has 34 heavy (non-hydrogen) atoms. The molecule has 178 valence electrons. The lowest BCUT2D eigenvalue weighted by molar-refractivity contribution is -0.130. The van der Waals surface area contributed by atoms with Crippen LogP contribution < -0.4 is 4.74 Å². The summed E-state index contributed by atoms with van der Waals surface area (Å²) < 4.78 is 18.6. The molecule has 0 saturated carbocycles. The van der Waals surface area contributed by atoms with Crippen molar-refractivity contribution in [1.29, 1.82) is 0 Å². The third-order valence-corrected chi connectivity index (χ3v) is 6.77. The molecule has 2 unspecified atom stereocenters. The van der Waals surface area contributed by atoms with Gasteiger partial charge >= 0.3 is 0 Å². The van der Waals surface area contributed by atoms with Gasteiger partial charge in [-0.3, -0.25) is 9.69 Å². The predicted molar refractivity (Wildman–Crippen MR) is 133 cm³/mol. The van der Waals surface area contributed by atoms with Gasteiger partial charge in [-0.2, -0.15) is 0 Å². The molecule has 0 aliphatic carbocycles. The first-order valence-corrected chi connectivity index (χ1v) is 11.8. The van der Waals surface area contributed by atoms with Crippen LogP contribution >= 0.6 is 0 Å². The molecule has 0 bridgehead atoms. The van der Waals surface area contributed by atoms with Crippen LogP contribution in [0, 0.1) is 18.7 Å². The summed E-state index contributed by atoms with van der Waals surface area (Å²) in [5, 5.41) is 0. The van der Waals surface area contributed by atoms with Gasteiger partial charge in [0.25, 0.3) is 0 Å². The van der Waals surface area contributed by atoms with E-state index in [1.54, 1.807) is 26.2 Å². The minimum absolute atomic E-state index is 0.0422. The molecule has 4 nitrogen and oxygen atoms in total. The zero-order valence-corrected chi connectivity index (χ0v) is 20.2. The van der Waals surface area contributed by atoms with Crippen molar-refractivity contribution in [3.8, 4) is 5.75 Å². The van der Waals surface area contributed by atoms with Crippen LogP contribution in [-0.2, 0) is 17.9 Å². The van der Waals surface area contributed by atoms with Crippen LogP contribution in [0.1, 0.15) is 35.1 Å². The molecular weight excluding hydrogens is 427 g/mol. The Morgan fingerprint density at radius 2 is 1.62 bits per heavy atom. The van der Waals surface area contributed by atoms with Crippen LogP contribution in [0.2, 0.25) is 0 Å². The fraction of sp³-hybridized carbons (Fsp3) is 0.345. The number of likely N-dealkylation sites (tertiary alicyclic amines) is 1. The monoisotopic (exact) mass is 460 g/mol. The molecule has 3 aromatic carbocycles. The second kappa shape index (κ2) is 10.8. The highest BCUT2D eigenvalue weighted by atomic mass is 19.1. The zero-order valence-electron chi connectivity index (χ0n) is 20.2. The summed E-state index contributed by atoms with van der Waals surface area (Å²) in [6.07, 6.45) is 0. The Morgan fingerprint density at radius 1 is 0.971 bits per heavy atom. The maximum Gasteiger partial charge on any atom is 0.219 e. The van der Waals surface area contributed by atoms with E-state index in [0.29, 0.717) is 24.9 Å². The van der Waals surface area contributed by atoms with Crippen molar-refractivity contribution in [3.05, 3.63) is 101 Å². The van der Waals surface area contributed by atoms with Crippen LogP contribution in [0.5, 0.6) is 5.75 Å². The first kappa shape index (κ1) is 24.0. The van der Waals surface area contributed by atoms with Gasteiger partial charge in [0.1, 0.15) is 11.6 Å². The van der Waals surface area contributed by atoms with E-state index >= 15 is 0 Å². The lowest BCUT2D eigenvalue weighted by Gasteiger charge is -2.28. The molecule has 4 rings (SSSR count). The predicted octanol–water partition coefficient (Wildman–Crippen LogP) is 5.41. The molecule has 5 heteroatoms. The van der Waals surface area contributed by atoms with Gasteiger partial charge in [0.05, 0.1) is 7.11 Å². The number of aryl methyl sites for hydroxylation is 1. The summed E-state index contributed by atoms with van der Waals surface area (Å²) in [5.41, 5.74) is 4.75. The number of hydrogen-bond donors (Lipinski definition) is 0. The van der Waals surface area contributed by atoms with Crippen LogP contribution in [0.15, 0.2) is 72.8 Å². The molecule has 1 aliphatic heterocycles. The summed E-state index contributed by atoms with van der Waals surface area (Å²) in [5.74, 6) is 1.29. The van der Waals surface area contributed by atoms with Crippen LogP contribution in [0.4, 0.5) is 4.39 Å². The average Bonchev–Trinajstić information content (AvgIpc) is 3.23. The molecule has 2 atom stereocenters. The fourth-order valence-electron chi connectivity index (χ4n) is 4.85. The smallest absolute Gasteiger partial charge is 0.219 e. The van der Waals surface area contributed by atoms with Crippen LogP contribution in [0.25, 0.3) is 0 Å². The molecule has 1 aliphatic rings. The van der Waals surface area contributed by atoms with E-state index in [2.05, 4.69) is 48.2 Å². The lowest BCUT2D eigenvalue weighted by Crippen LogP contribution is -2.35. The summed E-state index contributed by atoms with van der Waals surface area (Å²) in [6.45, 7) is 7.61. The first-order valence-electron chi connectivity index (χ1n) is 11.8. The Morgan fingerprint density at radius 3 is 2.24 bits per heavy atom. The Hall–Kier alpha value is -3.18. The molecule has 1 fully saturated rings. The number of carbonyl (C=O) groups is 1. The van der Waals surface area contributed by atoms with Crippen LogP contribution in [-0.4, -0.2) is 42.5 Å². The van der Waals surface area contributed by atoms with E-state index in [9.17, 15) is 9.18 Å². The van der Waals surface area contributed by atoms with Gasteiger partial charge in [0, 0.05) is 45.6 Å². The van der Waals surface area contributed by atoms with E-state index in [-0.39, 0.29) is 11.7 Å². The molecule has 0 spiro atoms. The quantitative estimate of drug-likeness (QED) is 0.451. The van der Waals surface area contributed by atoms with Crippen molar-refractivity contribution >= 4 is 5.91 Å². The third kappa shape index (κ3) is 6.03. The fourth-order valence-corrected chi connectivity index (χ4v) is 4.85. The van der Waals surface area contributed by atoms with Crippen molar-refractivity contribution in [1.82, 2.24) is 9.80 Å². The molecular formula is C29H33FN2O2. The molecule has 0 N–H and O–H groups in total. The highest BCUT2D eigenvalue weighted by Crippen LogP contribution is 2.35. The van der Waals surface area contributed by atoms with Gasteiger partial charge in [-0.25, -0.2) is 4.39 Å². The van der Waals surface area contributed by atoms with E-state index < -0.39 is 0 Å². The van der Waals surface area contributed by atoms with Crippen molar-refractivity contribution in [3.63, 3.8) is 0 Å². The van der Waals surface area contributed by atoms with E-state index in [4.69, 9.17) is 4.74 Å². The summed E-state index contributed by atoms with van der Waals surface area (Å²) in [7, 11) is 1.68. The minimum atomic E-state index is -0.262. The SMILES string of the molecule is COc1ccc(CN2CC(CN(Cc3ccc(F)cc3)C(C)=O)C(c3ccc(C)cc3)C2)cc1. The third-order valence-electron chi connectivity index (χ3n) is 6.77. The van der Waals surface area contributed by atoms with Gasteiger partial charge < -0.3 is 9.64 Å². The zero-order chi connectivity index (χ0) is 24.1. The minimum Gasteiger partial charge on any atom is -0.497 e.